The number of benzene rings is 4. The number of fused-ring (bicyclic) bond motifs is 2. The fourth-order valence-corrected chi connectivity index (χ4v) is 6.66. The number of rotatable bonds is 6. The molecule has 39 heavy (non-hydrogen) atoms. The molecular weight excluding hydrogens is 476 g/mol. The highest BCUT2D eigenvalue weighted by molar-refractivity contribution is 5.96. The van der Waals surface area contributed by atoms with Gasteiger partial charge in [-0.1, -0.05) is 91.0 Å². The van der Waals surface area contributed by atoms with Crippen LogP contribution in [0.4, 0.5) is 0 Å². The third kappa shape index (κ3) is 5.29. The fourth-order valence-electron chi connectivity index (χ4n) is 6.66. The summed E-state index contributed by atoms with van der Waals surface area (Å²) < 4.78 is 0. The lowest BCUT2D eigenvalue weighted by Crippen LogP contribution is -2.42. The highest BCUT2D eigenvalue weighted by Crippen LogP contribution is 2.35. The first-order valence-electron chi connectivity index (χ1n) is 14.4. The van der Waals surface area contributed by atoms with E-state index in [-0.39, 0.29) is 11.9 Å². The Labute approximate surface area is 233 Å². The zero-order valence-corrected chi connectivity index (χ0v) is 23.1. The van der Waals surface area contributed by atoms with E-state index in [2.05, 4.69) is 121 Å². The van der Waals surface area contributed by atoms with Gasteiger partial charge in [0.2, 0.25) is 0 Å². The first kappa shape index (κ1) is 25.6. The van der Waals surface area contributed by atoms with Crippen molar-refractivity contribution >= 4 is 5.91 Å². The minimum absolute atomic E-state index is 0.187. The normalized spacial score (nSPS) is 17.4. The Hall–Kier alpha value is -3.69. The lowest BCUT2D eigenvalue weighted by atomic mass is 9.81. The second-order valence-corrected chi connectivity index (χ2v) is 11.3. The van der Waals surface area contributed by atoms with Crippen molar-refractivity contribution in [2.45, 2.75) is 64.7 Å². The predicted molar refractivity (Wildman–Crippen MR) is 159 cm³/mol. The second-order valence-electron chi connectivity index (χ2n) is 11.3. The van der Waals surface area contributed by atoms with Crippen LogP contribution in [-0.4, -0.2) is 28.3 Å². The highest BCUT2D eigenvalue weighted by Gasteiger charge is 2.32. The molecule has 4 aromatic rings. The molecule has 1 heterocycles. The minimum Gasteiger partial charge on any atom is -0.334 e. The van der Waals surface area contributed by atoms with Gasteiger partial charge in [-0.15, -0.1) is 0 Å². The van der Waals surface area contributed by atoms with Crippen molar-refractivity contribution in [2.24, 2.45) is 0 Å². The van der Waals surface area contributed by atoms with Crippen LogP contribution in [0.5, 0.6) is 0 Å². The molecule has 1 amide bonds. The summed E-state index contributed by atoms with van der Waals surface area (Å²) in [5, 5.41) is 0. The van der Waals surface area contributed by atoms with Crippen LogP contribution >= 0.6 is 0 Å². The van der Waals surface area contributed by atoms with Crippen LogP contribution in [0.3, 0.4) is 0 Å². The van der Waals surface area contributed by atoms with Gasteiger partial charge in [0.25, 0.3) is 5.91 Å². The summed E-state index contributed by atoms with van der Waals surface area (Å²) in [5.74, 6) is 0.187. The molecule has 6 rings (SSSR count). The Bertz CT molecular complexity index is 1450. The summed E-state index contributed by atoms with van der Waals surface area (Å²) in [5.41, 5.74) is 10.2. The molecule has 0 saturated heterocycles. The quantitative estimate of drug-likeness (QED) is 0.269. The Morgan fingerprint density at radius 3 is 2.31 bits per heavy atom. The number of aryl methyl sites for hydroxylation is 1. The van der Waals surface area contributed by atoms with Crippen molar-refractivity contribution in [3.63, 3.8) is 0 Å². The van der Waals surface area contributed by atoms with Crippen LogP contribution in [0.15, 0.2) is 97.1 Å². The van der Waals surface area contributed by atoms with Gasteiger partial charge in [0.1, 0.15) is 0 Å². The van der Waals surface area contributed by atoms with E-state index in [0.29, 0.717) is 12.6 Å². The van der Waals surface area contributed by atoms with E-state index in [1.54, 1.807) is 0 Å². The zero-order chi connectivity index (χ0) is 26.8. The average Bonchev–Trinajstić information content (AvgIpc) is 3.00. The maximum Gasteiger partial charge on any atom is 0.254 e. The molecule has 4 aromatic carbocycles. The molecule has 0 aromatic heterocycles. The number of amides is 1. The number of hydrogen-bond donors (Lipinski definition) is 0. The smallest absolute Gasteiger partial charge is 0.254 e. The summed E-state index contributed by atoms with van der Waals surface area (Å²) >= 11 is 0. The average molecular weight is 515 g/mol. The molecular formula is C36H38N2O. The fraction of sp³-hybridized carbons (Fsp3) is 0.306. The van der Waals surface area contributed by atoms with Gasteiger partial charge in [0.15, 0.2) is 0 Å². The van der Waals surface area contributed by atoms with Gasteiger partial charge in [0, 0.05) is 37.3 Å². The van der Waals surface area contributed by atoms with Crippen LogP contribution in [0.1, 0.15) is 68.7 Å². The topological polar surface area (TPSA) is 23.6 Å². The molecule has 0 radical (unpaired) electrons. The summed E-state index contributed by atoms with van der Waals surface area (Å²) in [4.78, 5) is 18.8. The Morgan fingerprint density at radius 1 is 0.846 bits per heavy atom. The number of carbonyl (C=O) groups is 1. The van der Waals surface area contributed by atoms with Crippen molar-refractivity contribution in [1.82, 2.24) is 9.80 Å². The second kappa shape index (κ2) is 11.2. The van der Waals surface area contributed by atoms with Crippen LogP contribution in [0.25, 0.3) is 0 Å². The zero-order valence-electron chi connectivity index (χ0n) is 23.1. The van der Waals surface area contributed by atoms with Gasteiger partial charge < -0.3 is 4.90 Å². The van der Waals surface area contributed by atoms with E-state index >= 15 is 0 Å². The van der Waals surface area contributed by atoms with E-state index in [1.807, 2.05) is 0 Å². The molecule has 198 valence electrons. The van der Waals surface area contributed by atoms with Crippen LogP contribution < -0.4 is 0 Å². The summed E-state index contributed by atoms with van der Waals surface area (Å²) in [7, 11) is 0. The highest BCUT2D eigenvalue weighted by atomic mass is 16.2. The molecule has 2 aliphatic rings. The van der Waals surface area contributed by atoms with E-state index in [9.17, 15) is 4.79 Å². The third-order valence-corrected chi connectivity index (χ3v) is 8.94. The Morgan fingerprint density at radius 2 is 1.54 bits per heavy atom. The molecule has 3 heteroatoms. The number of hydrogen-bond acceptors (Lipinski definition) is 2. The van der Waals surface area contributed by atoms with Crippen molar-refractivity contribution < 1.29 is 4.79 Å². The first-order valence-corrected chi connectivity index (χ1v) is 14.4. The van der Waals surface area contributed by atoms with Gasteiger partial charge in [-0.2, -0.15) is 0 Å². The molecule has 0 spiro atoms. The SMILES string of the molecule is Cc1ccc(C(=O)N2CCc3ccccc3C2)c2c1CC[C@@H](N(Cc1ccccc1)[C@@H](C)c1ccccc1)C2. The molecule has 0 bridgehead atoms. The molecule has 1 aliphatic carbocycles. The largest absolute Gasteiger partial charge is 0.334 e. The minimum atomic E-state index is 0.187. The Balaban J connectivity index is 1.31. The Kier molecular flexibility index (Phi) is 7.34. The van der Waals surface area contributed by atoms with Gasteiger partial charge in [-0.25, -0.2) is 0 Å². The van der Waals surface area contributed by atoms with Crippen LogP contribution in [0.2, 0.25) is 0 Å². The number of carbonyl (C=O) groups excluding carboxylic acids is 1. The summed E-state index contributed by atoms with van der Waals surface area (Å²) in [6.07, 6.45) is 3.96. The maximum absolute atomic E-state index is 14.0. The lowest BCUT2D eigenvalue weighted by Gasteiger charge is -2.40. The van der Waals surface area contributed by atoms with E-state index in [4.69, 9.17) is 0 Å². The van der Waals surface area contributed by atoms with E-state index in [1.165, 1.54) is 38.9 Å². The summed E-state index contributed by atoms with van der Waals surface area (Å²) in [6, 6.07) is 35.1. The molecule has 0 N–H and O–H groups in total. The molecule has 1 aliphatic heterocycles. The van der Waals surface area contributed by atoms with Crippen LogP contribution in [0, 0.1) is 6.92 Å². The van der Waals surface area contributed by atoms with Crippen molar-refractivity contribution in [3.05, 3.63) is 142 Å². The van der Waals surface area contributed by atoms with Gasteiger partial charge >= 0.3 is 0 Å². The third-order valence-electron chi connectivity index (χ3n) is 8.94. The van der Waals surface area contributed by atoms with E-state index < -0.39 is 0 Å². The van der Waals surface area contributed by atoms with Crippen molar-refractivity contribution in [2.75, 3.05) is 6.54 Å². The molecule has 2 atom stereocenters. The van der Waals surface area contributed by atoms with Gasteiger partial charge in [-0.3, -0.25) is 9.69 Å². The van der Waals surface area contributed by atoms with Crippen molar-refractivity contribution in [1.29, 1.82) is 0 Å². The summed E-state index contributed by atoms with van der Waals surface area (Å²) in [6.45, 7) is 6.93. The monoisotopic (exact) mass is 514 g/mol. The molecule has 3 nitrogen and oxygen atoms in total. The lowest BCUT2D eigenvalue weighted by molar-refractivity contribution is 0.0730. The molecule has 0 fully saturated rings. The first-order chi connectivity index (χ1) is 19.1. The van der Waals surface area contributed by atoms with Crippen LogP contribution in [-0.2, 0) is 32.4 Å². The molecule has 0 saturated carbocycles. The standard InChI is InChI=1S/C36H38N2O/c1-26-17-19-34(36(39)37-22-21-30-15-9-10-16-31(30)25-37)35-23-32(18-20-33(26)35)38(24-28-11-5-3-6-12-28)27(2)29-13-7-4-8-14-29/h3-17,19,27,32H,18,20-25H2,1-2H3/t27-,32+/m0/s1. The number of nitrogens with zero attached hydrogens (tertiary/aromatic N) is 2. The van der Waals surface area contributed by atoms with Gasteiger partial charge in [-0.05, 0) is 84.5 Å². The van der Waals surface area contributed by atoms with Gasteiger partial charge in [0.05, 0.1) is 0 Å². The van der Waals surface area contributed by atoms with E-state index in [0.717, 1.165) is 44.3 Å². The maximum atomic E-state index is 14.0. The predicted octanol–water partition coefficient (Wildman–Crippen LogP) is 7.31. The molecule has 0 unspecified atom stereocenters. The van der Waals surface area contributed by atoms with Crippen molar-refractivity contribution in [3.8, 4) is 0 Å².